The first kappa shape index (κ1) is 13.2. The highest BCUT2D eigenvalue weighted by Gasteiger charge is 2.18. The monoisotopic (exact) mass is 243 g/mol. The minimum absolute atomic E-state index is 0.333. The van der Waals surface area contributed by atoms with Crippen molar-refractivity contribution in [3.8, 4) is 0 Å². The van der Waals surface area contributed by atoms with E-state index in [-0.39, 0.29) is 6.04 Å². The molecule has 0 aliphatic carbocycles. The molecule has 1 aromatic carbocycles. The standard InChI is InChI=1S/C11H17NO3S/c1-9(2)8-11(12-16(13,14)15)10-6-4-3-5-7-10/h3-7,9,11-12H,8H2,1-2H3,(H,13,14,15). The average Bonchev–Trinajstić information content (AvgIpc) is 2.15. The summed E-state index contributed by atoms with van der Waals surface area (Å²) in [6.07, 6.45) is 0.643. The molecule has 0 aliphatic heterocycles. The molecular weight excluding hydrogens is 226 g/mol. The Morgan fingerprint density at radius 1 is 1.25 bits per heavy atom. The SMILES string of the molecule is CC(C)CC(NS(=O)(=O)O)c1ccccc1. The van der Waals surface area contributed by atoms with E-state index in [1.54, 1.807) is 0 Å². The molecule has 0 saturated carbocycles. The van der Waals surface area contributed by atoms with E-state index in [9.17, 15) is 8.42 Å². The van der Waals surface area contributed by atoms with Gasteiger partial charge >= 0.3 is 10.3 Å². The molecule has 0 radical (unpaired) electrons. The second-order valence-corrected chi connectivity index (χ2v) is 5.37. The van der Waals surface area contributed by atoms with Crippen LogP contribution in [-0.2, 0) is 10.3 Å². The van der Waals surface area contributed by atoms with Crippen LogP contribution >= 0.6 is 0 Å². The van der Waals surface area contributed by atoms with Crippen LogP contribution in [0.15, 0.2) is 30.3 Å². The summed E-state index contributed by atoms with van der Waals surface area (Å²) < 4.78 is 32.7. The molecule has 0 amide bonds. The lowest BCUT2D eigenvalue weighted by Crippen LogP contribution is -2.28. The van der Waals surface area contributed by atoms with E-state index in [1.165, 1.54) is 0 Å². The first-order valence-corrected chi connectivity index (χ1v) is 6.62. The summed E-state index contributed by atoms with van der Waals surface area (Å²) in [6.45, 7) is 4.00. The molecule has 0 spiro atoms. The van der Waals surface area contributed by atoms with Gasteiger partial charge in [0.05, 0.1) is 0 Å². The van der Waals surface area contributed by atoms with Crippen LogP contribution in [0.1, 0.15) is 31.9 Å². The van der Waals surface area contributed by atoms with Gasteiger partial charge in [-0.15, -0.1) is 0 Å². The second kappa shape index (κ2) is 5.43. The molecule has 1 rings (SSSR count). The van der Waals surface area contributed by atoms with Gasteiger partial charge in [0.25, 0.3) is 0 Å². The molecule has 0 bridgehead atoms. The Labute approximate surface area is 96.6 Å². The molecular formula is C11H17NO3S. The lowest BCUT2D eigenvalue weighted by molar-refractivity contribution is 0.426. The Bertz CT molecular complexity index is 414. The van der Waals surface area contributed by atoms with Crippen molar-refractivity contribution in [3.63, 3.8) is 0 Å². The number of benzene rings is 1. The molecule has 5 heteroatoms. The molecule has 0 aliphatic rings. The fourth-order valence-electron chi connectivity index (χ4n) is 1.59. The van der Waals surface area contributed by atoms with Crippen molar-refractivity contribution in [2.45, 2.75) is 26.3 Å². The smallest absolute Gasteiger partial charge is 0.273 e. The van der Waals surface area contributed by atoms with Crippen molar-refractivity contribution in [1.29, 1.82) is 0 Å². The molecule has 0 saturated heterocycles. The van der Waals surface area contributed by atoms with Gasteiger partial charge in [-0.1, -0.05) is 44.2 Å². The van der Waals surface area contributed by atoms with E-state index < -0.39 is 10.3 Å². The van der Waals surface area contributed by atoms with Gasteiger partial charge in [0.15, 0.2) is 0 Å². The molecule has 0 aromatic heterocycles. The van der Waals surface area contributed by atoms with Crippen LogP contribution in [-0.4, -0.2) is 13.0 Å². The molecule has 0 fully saturated rings. The Hall–Kier alpha value is -0.910. The molecule has 90 valence electrons. The summed E-state index contributed by atoms with van der Waals surface area (Å²) in [6, 6.07) is 8.85. The molecule has 4 nitrogen and oxygen atoms in total. The van der Waals surface area contributed by atoms with E-state index >= 15 is 0 Å². The number of hydrogen-bond donors (Lipinski definition) is 2. The number of rotatable bonds is 5. The summed E-state index contributed by atoms with van der Waals surface area (Å²) in [7, 11) is -4.17. The second-order valence-electron chi connectivity index (χ2n) is 4.19. The maximum Gasteiger partial charge on any atom is 0.333 e. The highest BCUT2D eigenvalue weighted by atomic mass is 32.2. The maximum atomic E-state index is 10.8. The van der Waals surface area contributed by atoms with Crippen LogP contribution in [0.25, 0.3) is 0 Å². The fourth-order valence-corrected chi connectivity index (χ4v) is 2.18. The van der Waals surface area contributed by atoms with Crippen LogP contribution in [0.3, 0.4) is 0 Å². The van der Waals surface area contributed by atoms with Gasteiger partial charge in [0, 0.05) is 6.04 Å². The summed E-state index contributed by atoms with van der Waals surface area (Å²) >= 11 is 0. The average molecular weight is 243 g/mol. The largest absolute Gasteiger partial charge is 0.333 e. The van der Waals surface area contributed by atoms with Crippen LogP contribution < -0.4 is 4.72 Å². The molecule has 2 N–H and O–H groups in total. The summed E-state index contributed by atoms with van der Waals surface area (Å²) in [5, 5.41) is 0. The zero-order chi connectivity index (χ0) is 12.2. The van der Waals surface area contributed by atoms with Crippen molar-refractivity contribution in [3.05, 3.63) is 35.9 Å². The Balaban J connectivity index is 2.88. The first-order valence-electron chi connectivity index (χ1n) is 5.18. The van der Waals surface area contributed by atoms with Gasteiger partial charge in [-0.2, -0.15) is 13.1 Å². The predicted molar refractivity (Wildman–Crippen MR) is 63.3 cm³/mol. The minimum Gasteiger partial charge on any atom is -0.273 e. The predicted octanol–water partition coefficient (Wildman–Crippen LogP) is 2.17. The topological polar surface area (TPSA) is 66.4 Å². The van der Waals surface area contributed by atoms with E-state index in [0.29, 0.717) is 12.3 Å². The highest BCUT2D eigenvalue weighted by Crippen LogP contribution is 2.21. The summed E-state index contributed by atoms with van der Waals surface area (Å²) in [5.41, 5.74) is 0.855. The van der Waals surface area contributed by atoms with Gasteiger partial charge < -0.3 is 0 Å². The minimum atomic E-state index is -4.17. The fraction of sp³-hybridized carbons (Fsp3) is 0.455. The van der Waals surface area contributed by atoms with E-state index in [1.807, 2.05) is 44.2 Å². The third kappa shape index (κ3) is 4.74. The molecule has 1 atom stereocenters. The Kier molecular flexibility index (Phi) is 4.46. The molecule has 16 heavy (non-hydrogen) atoms. The van der Waals surface area contributed by atoms with Crippen molar-refractivity contribution in [2.24, 2.45) is 5.92 Å². The zero-order valence-corrected chi connectivity index (χ0v) is 10.2. The van der Waals surface area contributed by atoms with Gasteiger partial charge in [0.1, 0.15) is 0 Å². The Morgan fingerprint density at radius 3 is 2.25 bits per heavy atom. The maximum absolute atomic E-state index is 10.8. The van der Waals surface area contributed by atoms with Crippen molar-refractivity contribution in [1.82, 2.24) is 4.72 Å². The van der Waals surface area contributed by atoms with Crippen LogP contribution in [0.4, 0.5) is 0 Å². The van der Waals surface area contributed by atoms with Crippen molar-refractivity contribution in [2.75, 3.05) is 0 Å². The van der Waals surface area contributed by atoms with E-state index in [4.69, 9.17) is 4.55 Å². The first-order chi connectivity index (χ1) is 7.38. The van der Waals surface area contributed by atoms with Gasteiger partial charge in [-0.25, -0.2) is 0 Å². The van der Waals surface area contributed by atoms with Gasteiger partial charge in [0.2, 0.25) is 0 Å². The highest BCUT2D eigenvalue weighted by molar-refractivity contribution is 7.83. The van der Waals surface area contributed by atoms with Gasteiger partial charge in [-0.3, -0.25) is 4.55 Å². The summed E-state index contributed by atoms with van der Waals surface area (Å²) in [5.74, 6) is 0.333. The molecule has 0 heterocycles. The number of nitrogens with one attached hydrogen (secondary N) is 1. The van der Waals surface area contributed by atoms with E-state index in [2.05, 4.69) is 4.72 Å². The van der Waals surface area contributed by atoms with Crippen molar-refractivity contribution < 1.29 is 13.0 Å². The van der Waals surface area contributed by atoms with Crippen molar-refractivity contribution >= 4 is 10.3 Å². The molecule has 1 aromatic rings. The zero-order valence-electron chi connectivity index (χ0n) is 9.42. The third-order valence-electron chi connectivity index (χ3n) is 2.20. The van der Waals surface area contributed by atoms with Crippen LogP contribution in [0.2, 0.25) is 0 Å². The van der Waals surface area contributed by atoms with Crippen LogP contribution in [0, 0.1) is 5.92 Å². The molecule has 1 unspecified atom stereocenters. The van der Waals surface area contributed by atoms with E-state index in [0.717, 1.165) is 5.56 Å². The summed E-state index contributed by atoms with van der Waals surface area (Å²) in [4.78, 5) is 0. The quantitative estimate of drug-likeness (QED) is 0.779. The lowest BCUT2D eigenvalue weighted by atomic mass is 9.98. The van der Waals surface area contributed by atoms with Crippen LogP contribution in [0.5, 0.6) is 0 Å². The normalized spacial score (nSPS) is 14.0. The van der Waals surface area contributed by atoms with Gasteiger partial charge in [-0.05, 0) is 17.9 Å². The lowest BCUT2D eigenvalue weighted by Gasteiger charge is -2.19. The number of hydrogen-bond acceptors (Lipinski definition) is 2. The third-order valence-corrected chi connectivity index (χ3v) is 2.78. The Morgan fingerprint density at radius 2 is 1.81 bits per heavy atom.